The van der Waals surface area contributed by atoms with Crippen LogP contribution in [0.2, 0.25) is 0 Å². The Labute approximate surface area is 83.8 Å². The zero-order valence-corrected chi connectivity index (χ0v) is 8.28. The maximum absolute atomic E-state index is 5.33. The van der Waals surface area contributed by atoms with E-state index in [1.807, 2.05) is 6.08 Å². The fourth-order valence-electron chi connectivity index (χ4n) is 0.948. The minimum absolute atomic E-state index is 0.489. The number of thiocarbonyl (C=S) groups is 1. The molecule has 1 nitrogen and oxygen atoms in total. The first-order chi connectivity index (χ1) is 6.24. The first kappa shape index (κ1) is 9.76. The van der Waals surface area contributed by atoms with Crippen LogP contribution >= 0.6 is 12.2 Å². The molecule has 13 heavy (non-hydrogen) atoms. The fraction of sp³-hybridized carbons (Fsp3) is 0.182. The minimum Gasteiger partial charge on any atom is -0.449 e. The summed E-state index contributed by atoms with van der Waals surface area (Å²) >= 11 is 4.85. The predicted molar refractivity (Wildman–Crippen MR) is 58.1 cm³/mol. The van der Waals surface area contributed by atoms with Gasteiger partial charge in [-0.25, -0.2) is 0 Å². The highest BCUT2D eigenvalue weighted by Crippen LogP contribution is 2.15. The van der Waals surface area contributed by atoms with E-state index in [0.717, 1.165) is 12.0 Å². The van der Waals surface area contributed by atoms with Crippen molar-refractivity contribution >= 4 is 17.3 Å². The molecular formula is C11H10OS. The first-order valence-corrected chi connectivity index (χ1v) is 4.35. The van der Waals surface area contributed by atoms with Crippen molar-refractivity contribution in [1.29, 1.82) is 0 Å². The molecule has 0 spiro atoms. The van der Waals surface area contributed by atoms with Crippen molar-refractivity contribution in [2.24, 2.45) is 0 Å². The van der Waals surface area contributed by atoms with E-state index in [1.54, 1.807) is 19.1 Å². The molecule has 0 heterocycles. The molecule has 1 aliphatic rings. The topological polar surface area (TPSA) is 9.23 Å². The molecular weight excluding hydrogens is 180 g/mol. The van der Waals surface area contributed by atoms with Gasteiger partial charge < -0.3 is 4.74 Å². The van der Waals surface area contributed by atoms with Gasteiger partial charge in [-0.05, 0) is 12.2 Å². The van der Waals surface area contributed by atoms with Gasteiger partial charge in [0.25, 0.3) is 0 Å². The highest BCUT2D eigenvalue weighted by atomic mass is 32.1. The van der Waals surface area contributed by atoms with E-state index in [-0.39, 0.29) is 0 Å². The van der Waals surface area contributed by atoms with Gasteiger partial charge in [0.2, 0.25) is 0 Å². The van der Waals surface area contributed by atoms with Gasteiger partial charge >= 0.3 is 0 Å². The van der Waals surface area contributed by atoms with Crippen molar-refractivity contribution in [2.45, 2.75) is 13.3 Å². The van der Waals surface area contributed by atoms with Crippen LogP contribution in [-0.2, 0) is 4.74 Å². The molecule has 0 bridgehead atoms. The number of hydrogen-bond donors (Lipinski definition) is 0. The second kappa shape index (κ2) is 4.64. The van der Waals surface area contributed by atoms with Crippen LogP contribution in [0.3, 0.4) is 0 Å². The van der Waals surface area contributed by atoms with Crippen LogP contribution in [0, 0.1) is 11.8 Å². The van der Waals surface area contributed by atoms with Crippen LogP contribution in [-0.4, -0.2) is 5.05 Å². The standard InChI is InChI=1S/C11H10OS/c1-3-10-7-5-4-6-8-11(10)12-9(2)13/h3,7-8H,1,5H2,2H3. The zero-order valence-electron chi connectivity index (χ0n) is 7.46. The van der Waals surface area contributed by atoms with E-state index in [1.165, 1.54) is 0 Å². The highest BCUT2D eigenvalue weighted by molar-refractivity contribution is 7.80. The lowest BCUT2D eigenvalue weighted by Gasteiger charge is -2.07. The Morgan fingerprint density at radius 3 is 3.15 bits per heavy atom. The lowest BCUT2D eigenvalue weighted by Crippen LogP contribution is -1.98. The van der Waals surface area contributed by atoms with Crippen LogP contribution in [0.1, 0.15) is 13.3 Å². The molecule has 0 saturated carbocycles. The van der Waals surface area contributed by atoms with E-state index in [0.29, 0.717) is 10.8 Å². The maximum Gasteiger partial charge on any atom is 0.164 e. The van der Waals surface area contributed by atoms with Crippen molar-refractivity contribution in [1.82, 2.24) is 0 Å². The summed E-state index contributed by atoms with van der Waals surface area (Å²) in [6, 6.07) is 0. The smallest absolute Gasteiger partial charge is 0.164 e. The normalized spacial score (nSPS) is 14.2. The third-order valence-electron chi connectivity index (χ3n) is 1.49. The predicted octanol–water partition coefficient (Wildman–Crippen LogP) is 2.75. The summed E-state index contributed by atoms with van der Waals surface area (Å²) in [6.07, 6.45) is 6.15. The molecule has 0 aromatic carbocycles. The second-order valence-corrected chi connectivity index (χ2v) is 3.07. The number of rotatable bonds is 2. The summed E-state index contributed by atoms with van der Waals surface area (Å²) in [5.41, 5.74) is 0.932. The number of ether oxygens (including phenoxy) is 1. The van der Waals surface area contributed by atoms with Gasteiger partial charge in [-0.3, -0.25) is 0 Å². The van der Waals surface area contributed by atoms with Crippen LogP contribution in [0.5, 0.6) is 0 Å². The Morgan fingerprint density at radius 1 is 1.77 bits per heavy atom. The molecule has 0 unspecified atom stereocenters. The van der Waals surface area contributed by atoms with Crippen molar-refractivity contribution in [3.8, 4) is 11.8 Å². The van der Waals surface area contributed by atoms with Crippen LogP contribution in [0.15, 0.2) is 36.1 Å². The van der Waals surface area contributed by atoms with Gasteiger partial charge in [-0.2, -0.15) is 0 Å². The Kier molecular flexibility index (Phi) is 3.48. The van der Waals surface area contributed by atoms with Gasteiger partial charge in [0.05, 0.1) is 0 Å². The summed E-state index contributed by atoms with van der Waals surface area (Å²) in [5.74, 6) is 6.50. The van der Waals surface area contributed by atoms with Gasteiger partial charge in [0.15, 0.2) is 5.05 Å². The van der Waals surface area contributed by atoms with Gasteiger partial charge in [-0.15, -0.1) is 0 Å². The highest BCUT2D eigenvalue weighted by Gasteiger charge is 2.04. The molecule has 0 radical (unpaired) electrons. The van der Waals surface area contributed by atoms with Crippen molar-refractivity contribution in [3.63, 3.8) is 0 Å². The molecule has 0 aromatic rings. The van der Waals surface area contributed by atoms with Crippen LogP contribution in [0.4, 0.5) is 0 Å². The van der Waals surface area contributed by atoms with Gasteiger partial charge in [0.1, 0.15) is 5.76 Å². The average Bonchev–Trinajstić information content (AvgIpc) is 2.28. The lowest BCUT2D eigenvalue weighted by atomic mass is 10.2. The molecule has 0 aliphatic heterocycles. The lowest BCUT2D eigenvalue weighted by molar-refractivity contribution is 0.437. The third-order valence-corrected chi connectivity index (χ3v) is 1.57. The second-order valence-electron chi connectivity index (χ2n) is 2.49. The third kappa shape index (κ3) is 2.89. The minimum atomic E-state index is 0.489. The number of allylic oxidation sites excluding steroid dienone is 3. The van der Waals surface area contributed by atoms with Gasteiger partial charge in [-0.1, -0.05) is 30.6 Å². The molecule has 0 fully saturated rings. The van der Waals surface area contributed by atoms with E-state index in [2.05, 4.69) is 18.4 Å². The van der Waals surface area contributed by atoms with Crippen molar-refractivity contribution < 1.29 is 4.74 Å². The molecule has 0 aromatic heterocycles. The summed E-state index contributed by atoms with van der Waals surface area (Å²) < 4.78 is 5.33. The monoisotopic (exact) mass is 190 g/mol. The SMILES string of the molecule is C=CC1=CCC#CC=C1OC(C)=S. The quantitative estimate of drug-likeness (QED) is 0.489. The summed E-state index contributed by atoms with van der Waals surface area (Å²) in [4.78, 5) is 0. The zero-order chi connectivity index (χ0) is 9.68. The molecule has 0 saturated heterocycles. The Morgan fingerprint density at radius 2 is 2.54 bits per heavy atom. The number of hydrogen-bond acceptors (Lipinski definition) is 2. The van der Waals surface area contributed by atoms with E-state index < -0.39 is 0 Å². The van der Waals surface area contributed by atoms with E-state index >= 15 is 0 Å². The fourth-order valence-corrected chi connectivity index (χ4v) is 1.04. The molecule has 0 amide bonds. The Bertz CT molecular complexity index is 350. The molecule has 2 heteroatoms. The van der Waals surface area contributed by atoms with Crippen LogP contribution < -0.4 is 0 Å². The van der Waals surface area contributed by atoms with E-state index in [4.69, 9.17) is 17.0 Å². The molecule has 66 valence electrons. The molecule has 0 atom stereocenters. The Hall–Kier alpha value is -1.33. The van der Waals surface area contributed by atoms with Crippen LogP contribution in [0.25, 0.3) is 0 Å². The summed E-state index contributed by atoms with van der Waals surface area (Å²) in [7, 11) is 0. The molecule has 1 rings (SSSR count). The van der Waals surface area contributed by atoms with E-state index in [9.17, 15) is 0 Å². The summed E-state index contributed by atoms with van der Waals surface area (Å²) in [6.45, 7) is 5.43. The molecule has 0 N–H and O–H groups in total. The maximum atomic E-state index is 5.33. The first-order valence-electron chi connectivity index (χ1n) is 3.94. The largest absolute Gasteiger partial charge is 0.449 e. The van der Waals surface area contributed by atoms with Crippen molar-refractivity contribution in [2.75, 3.05) is 0 Å². The average molecular weight is 190 g/mol. The Balaban J connectivity index is 2.90. The van der Waals surface area contributed by atoms with Gasteiger partial charge in [0, 0.05) is 25.0 Å². The summed E-state index contributed by atoms with van der Waals surface area (Å²) in [5, 5.41) is 0.489. The molecule has 1 aliphatic carbocycles. The van der Waals surface area contributed by atoms with Crippen molar-refractivity contribution in [3.05, 3.63) is 36.1 Å².